The van der Waals surface area contributed by atoms with Gasteiger partial charge in [-0.15, -0.1) is 0 Å². The molecule has 0 bridgehead atoms. The molecule has 2 aromatic carbocycles. The Morgan fingerprint density at radius 3 is 2.42 bits per heavy atom. The molecule has 1 heterocycles. The number of nitrogens with zero attached hydrogens (tertiary/aromatic N) is 1. The summed E-state index contributed by atoms with van der Waals surface area (Å²) in [6, 6.07) is 5.47. The van der Waals surface area contributed by atoms with Crippen LogP contribution in [0.4, 0.5) is 23.2 Å². The molecule has 10 heteroatoms. The van der Waals surface area contributed by atoms with Gasteiger partial charge < -0.3 is 5.32 Å². The zero-order chi connectivity index (χ0) is 22.4. The SMILES string of the molecule is O=C(CN1c2ccc(C(F)(F)F)cc2-c2ccc(F)cc2S1(=O)=O)NC1CCCCC1. The third-order valence-electron chi connectivity index (χ3n) is 5.65. The van der Waals surface area contributed by atoms with E-state index in [2.05, 4.69) is 5.32 Å². The Kier molecular flexibility index (Phi) is 5.45. The zero-order valence-electron chi connectivity index (χ0n) is 16.4. The zero-order valence-corrected chi connectivity index (χ0v) is 17.2. The van der Waals surface area contributed by atoms with E-state index >= 15 is 0 Å². The Morgan fingerprint density at radius 1 is 1.03 bits per heavy atom. The molecule has 1 saturated carbocycles. The average molecular weight is 456 g/mol. The molecule has 0 radical (unpaired) electrons. The monoisotopic (exact) mass is 456 g/mol. The van der Waals surface area contributed by atoms with E-state index in [9.17, 15) is 30.8 Å². The molecule has 1 fully saturated rings. The summed E-state index contributed by atoms with van der Waals surface area (Å²) >= 11 is 0. The fourth-order valence-corrected chi connectivity index (χ4v) is 5.81. The quantitative estimate of drug-likeness (QED) is 0.694. The number of benzene rings is 2. The number of rotatable bonds is 3. The van der Waals surface area contributed by atoms with Crippen LogP contribution in [-0.4, -0.2) is 26.9 Å². The smallest absolute Gasteiger partial charge is 0.352 e. The van der Waals surface area contributed by atoms with Crippen molar-refractivity contribution in [3.63, 3.8) is 0 Å². The Hall–Kier alpha value is -2.62. The number of halogens is 4. The maximum Gasteiger partial charge on any atom is 0.416 e. The molecule has 2 aliphatic rings. The number of carbonyl (C=O) groups excluding carboxylic acids is 1. The summed E-state index contributed by atoms with van der Waals surface area (Å²) in [6.07, 6.45) is -0.0691. The second kappa shape index (κ2) is 7.81. The van der Waals surface area contributed by atoms with Crippen molar-refractivity contribution < 1.29 is 30.8 Å². The van der Waals surface area contributed by atoms with Crippen molar-refractivity contribution in [2.45, 2.75) is 49.2 Å². The number of nitrogens with one attached hydrogen (secondary N) is 1. The van der Waals surface area contributed by atoms with Crippen molar-refractivity contribution in [2.75, 3.05) is 10.8 Å². The fraction of sp³-hybridized carbons (Fsp3) is 0.381. The Balaban J connectivity index is 1.76. The van der Waals surface area contributed by atoms with Gasteiger partial charge in [-0.1, -0.05) is 25.3 Å². The van der Waals surface area contributed by atoms with Crippen molar-refractivity contribution in [1.29, 1.82) is 0 Å². The number of anilines is 1. The minimum atomic E-state index is -4.64. The van der Waals surface area contributed by atoms with Crippen molar-refractivity contribution in [1.82, 2.24) is 5.32 Å². The van der Waals surface area contributed by atoms with E-state index in [1.54, 1.807) is 0 Å². The van der Waals surface area contributed by atoms with Crippen LogP contribution in [0.1, 0.15) is 37.7 Å². The molecule has 5 nitrogen and oxygen atoms in total. The molecule has 166 valence electrons. The molecule has 0 saturated heterocycles. The van der Waals surface area contributed by atoms with Crippen LogP contribution in [0.3, 0.4) is 0 Å². The number of carbonyl (C=O) groups is 1. The molecule has 1 aliphatic carbocycles. The Morgan fingerprint density at radius 2 is 1.74 bits per heavy atom. The van der Waals surface area contributed by atoms with Crippen LogP contribution < -0.4 is 9.62 Å². The van der Waals surface area contributed by atoms with Gasteiger partial charge in [0.25, 0.3) is 10.0 Å². The first-order valence-electron chi connectivity index (χ1n) is 9.90. The molecule has 2 aromatic rings. The molecule has 0 unspecified atom stereocenters. The Labute approximate surface area is 177 Å². The van der Waals surface area contributed by atoms with Crippen LogP contribution in [0.15, 0.2) is 41.3 Å². The van der Waals surface area contributed by atoms with E-state index in [0.717, 1.165) is 72.8 Å². The van der Waals surface area contributed by atoms with Gasteiger partial charge in [0.05, 0.1) is 16.1 Å². The van der Waals surface area contributed by atoms with Crippen molar-refractivity contribution in [3.8, 4) is 11.1 Å². The van der Waals surface area contributed by atoms with Crippen molar-refractivity contribution in [3.05, 3.63) is 47.8 Å². The normalized spacial score (nSPS) is 18.3. The van der Waals surface area contributed by atoms with Crippen LogP contribution in [-0.2, 0) is 21.0 Å². The average Bonchev–Trinajstić information content (AvgIpc) is 2.71. The first-order valence-corrected chi connectivity index (χ1v) is 11.3. The maximum absolute atomic E-state index is 13.8. The van der Waals surface area contributed by atoms with Gasteiger partial charge in [0.2, 0.25) is 5.91 Å². The van der Waals surface area contributed by atoms with Crippen LogP contribution in [0, 0.1) is 5.82 Å². The fourth-order valence-electron chi connectivity index (χ4n) is 4.15. The highest BCUT2D eigenvalue weighted by Gasteiger charge is 2.39. The minimum Gasteiger partial charge on any atom is -0.352 e. The van der Waals surface area contributed by atoms with Crippen LogP contribution >= 0.6 is 0 Å². The molecule has 31 heavy (non-hydrogen) atoms. The lowest BCUT2D eigenvalue weighted by molar-refractivity contribution is -0.137. The number of sulfonamides is 1. The third kappa shape index (κ3) is 4.13. The summed E-state index contributed by atoms with van der Waals surface area (Å²) in [5.41, 5.74) is -1.07. The lowest BCUT2D eigenvalue weighted by Crippen LogP contribution is -2.46. The number of fused-ring (bicyclic) bond motifs is 3. The maximum atomic E-state index is 13.8. The van der Waals surface area contributed by atoms with Gasteiger partial charge in [-0.25, -0.2) is 12.8 Å². The number of hydrogen-bond acceptors (Lipinski definition) is 3. The molecule has 0 aromatic heterocycles. The van der Waals surface area contributed by atoms with Gasteiger partial charge in [0.1, 0.15) is 12.4 Å². The topological polar surface area (TPSA) is 66.5 Å². The van der Waals surface area contributed by atoms with Crippen LogP contribution in [0.2, 0.25) is 0 Å². The lowest BCUT2D eigenvalue weighted by Gasteiger charge is -2.33. The van der Waals surface area contributed by atoms with Gasteiger partial charge in [0, 0.05) is 17.2 Å². The standard InChI is InChI=1S/C21H20F4N2O3S/c22-14-7-8-16-17-10-13(21(23,24)25)6-9-18(17)27(31(29,30)19(16)11-14)12-20(28)26-15-4-2-1-3-5-15/h6-11,15H,1-5,12H2,(H,26,28). The highest BCUT2D eigenvalue weighted by Crippen LogP contribution is 2.45. The molecule has 0 spiro atoms. The van der Waals surface area contributed by atoms with E-state index < -0.39 is 44.9 Å². The van der Waals surface area contributed by atoms with E-state index in [4.69, 9.17) is 0 Å². The van der Waals surface area contributed by atoms with Crippen LogP contribution in [0.5, 0.6) is 0 Å². The highest BCUT2D eigenvalue weighted by molar-refractivity contribution is 7.93. The van der Waals surface area contributed by atoms with Crippen molar-refractivity contribution >= 4 is 21.6 Å². The second-order valence-corrected chi connectivity index (χ2v) is 9.62. The summed E-state index contributed by atoms with van der Waals surface area (Å²) in [5, 5.41) is 2.81. The second-order valence-electron chi connectivity index (χ2n) is 7.78. The van der Waals surface area contributed by atoms with Gasteiger partial charge in [-0.05, 0) is 43.2 Å². The molecular weight excluding hydrogens is 436 g/mol. The van der Waals surface area contributed by atoms with Gasteiger partial charge in [-0.3, -0.25) is 9.10 Å². The van der Waals surface area contributed by atoms with Gasteiger partial charge >= 0.3 is 6.18 Å². The van der Waals surface area contributed by atoms with E-state index in [1.807, 2.05) is 0 Å². The Bertz CT molecular complexity index is 1130. The summed E-state index contributed by atoms with van der Waals surface area (Å²) in [4.78, 5) is 12.1. The van der Waals surface area contributed by atoms with Crippen molar-refractivity contribution in [2.24, 2.45) is 0 Å². The summed E-state index contributed by atoms with van der Waals surface area (Å²) < 4.78 is 80.7. The largest absolute Gasteiger partial charge is 0.416 e. The summed E-state index contributed by atoms with van der Waals surface area (Å²) in [7, 11) is -4.35. The summed E-state index contributed by atoms with van der Waals surface area (Å²) in [5.74, 6) is -1.40. The number of hydrogen-bond donors (Lipinski definition) is 1. The van der Waals surface area contributed by atoms with Gasteiger partial charge in [-0.2, -0.15) is 13.2 Å². The molecule has 4 rings (SSSR count). The molecule has 1 aliphatic heterocycles. The first kappa shape index (κ1) is 21.6. The molecule has 1 N–H and O–H groups in total. The predicted octanol–water partition coefficient (Wildman–Crippen LogP) is 4.47. The third-order valence-corrected chi connectivity index (χ3v) is 7.45. The number of alkyl halides is 3. The van der Waals surface area contributed by atoms with Crippen LogP contribution in [0.25, 0.3) is 11.1 Å². The first-order chi connectivity index (χ1) is 14.6. The molecular formula is C21H20F4N2O3S. The lowest BCUT2D eigenvalue weighted by atomic mass is 9.95. The summed E-state index contributed by atoms with van der Waals surface area (Å²) in [6.45, 7) is -0.604. The van der Waals surface area contributed by atoms with E-state index in [1.165, 1.54) is 0 Å². The predicted molar refractivity (Wildman–Crippen MR) is 106 cm³/mol. The van der Waals surface area contributed by atoms with E-state index in [-0.39, 0.29) is 22.9 Å². The highest BCUT2D eigenvalue weighted by atomic mass is 32.2. The minimum absolute atomic E-state index is 0.0230. The van der Waals surface area contributed by atoms with E-state index in [0.29, 0.717) is 0 Å². The number of amides is 1. The molecule has 1 amide bonds. The molecule has 0 atom stereocenters. The van der Waals surface area contributed by atoms with Gasteiger partial charge in [0.15, 0.2) is 0 Å².